The third kappa shape index (κ3) is 4.75. The topological polar surface area (TPSA) is 129 Å². The molecule has 0 spiro atoms. The van der Waals surface area contributed by atoms with Gasteiger partial charge in [0.25, 0.3) is 5.69 Å². The zero-order chi connectivity index (χ0) is 21.0. The Bertz CT molecular complexity index is 998. The quantitative estimate of drug-likeness (QED) is 0.283. The van der Waals surface area contributed by atoms with Gasteiger partial charge in [0.15, 0.2) is 4.90 Å². The van der Waals surface area contributed by atoms with Crippen LogP contribution in [0.5, 0.6) is 0 Å². The van der Waals surface area contributed by atoms with E-state index in [9.17, 15) is 23.3 Å². The second-order valence-electron chi connectivity index (χ2n) is 6.46. The lowest BCUT2D eigenvalue weighted by Gasteiger charge is -2.21. The summed E-state index contributed by atoms with van der Waals surface area (Å²) in [5.41, 5.74) is 0.269. The Balaban J connectivity index is 1.81. The predicted molar refractivity (Wildman–Crippen MR) is 100 cm³/mol. The molecule has 0 aliphatic carbocycles. The SMILES string of the molecule is COC(=O)[C@@H]1C[C@H](OS(=O)(=O)c2ccccc2[N+](=O)[O-])CN1Cc1cccnc1. The van der Waals surface area contributed by atoms with Crippen LogP contribution in [0.3, 0.4) is 0 Å². The third-order valence-electron chi connectivity index (χ3n) is 4.54. The minimum Gasteiger partial charge on any atom is -0.468 e. The molecule has 1 saturated heterocycles. The van der Waals surface area contributed by atoms with E-state index >= 15 is 0 Å². The molecule has 0 amide bonds. The van der Waals surface area contributed by atoms with Gasteiger partial charge in [-0.25, -0.2) is 0 Å². The van der Waals surface area contributed by atoms with Crippen molar-refractivity contribution in [1.29, 1.82) is 0 Å². The van der Waals surface area contributed by atoms with Gasteiger partial charge in [0, 0.05) is 38.0 Å². The number of hydrogen-bond donors (Lipinski definition) is 0. The average Bonchev–Trinajstić information content (AvgIpc) is 3.09. The Morgan fingerprint density at radius 3 is 2.72 bits per heavy atom. The van der Waals surface area contributed by atoms with Gasteiger partial charge in [0.05, 0.1) is 18.1 Å². The molecule has 3 rings (SSSR count). The van der Waals surface area contributed by atoms with Gasteiger partial charge in [-0.2, -0.15) is 8.42 Å². The van der Waals surface area contributed by atoms with E-state index in [0.717, 1.165) is 17.7 Å². The fourth-order valence-electron chi connectivity index (χ4n) is 3.26. The van der Waals surface area contributed by atoms with Crippen LogP contribution in [0.25, 0.3) is 0 Å². The summed E-state index contributed by atoms with van der Waals surface area (Å²) in [6, 6.07) is 7.85. The van der Waals surface area contributed by atoms with Crippen LogP contribution in [0.2, 0.25) is 0 Å². The monoisotopic (exact) mass is 421 g/mol. The minimum atomic E-state index is -4.40. The minimum absolute atomic E-state index is 0.0762. The molecular formula is C18H19N3O7S. The van der Waals surface area contributed by atoms with Crippen LogP contribution >= 0.6 is 0 Å². The Morgan fingerprint density at radius 2 is 2.07 bits per heavy atom. The van der Waals surface area contributed by atoms with Gasteiger partial charge in [-0.05, 0) is 17.7 Å². The first-order valence-electron chi connectivity index (χ1n) is 8.69. The second kappa shape index (κ2) is 8.64. The summed E-state index contributed by atoms with van der Waals surface area (Å²) in [6.45, 7) is 0.480. The standard InChI is InChI=1S/C18H19N3O7S/c1-27-18(22)16-9-14(12-20(16)11-13-5-4-8-19-10-13)28-29(25,26)17-7-3-2-6-15(17)21(23)24/h2-8,10,14,16H,9,11-12H2,1H3/t14-,16-/m0/s1. The van der Waals surface area contributed by atoms with Gasteiger partial charge in [0.2, 0.25) is 0 Å². The summed E-state index contributed by atoms with van der Waals surface area (Å²) in [6.07, 6.45) is 2.48. The molecule has 0 N–H and O–H groups in total. The van der Waals surface area contributed by atoms with Crippen molar-refractivity contribution in [3.8, 4) is 0 Å². The highest BCUT2D eigenvalue weighted by Crippen LogP contribution is 2.30. The number of methoxy groups -OCH3 is 1. The number of para-hydroxylation sites is 1. The summed E-state index contributed by atoms with van der Waals surface area (Å²) in [7, 11) is -3.15. The molecule has 0 bridgehead atoms. The number of hydrogen-bond acceptors (Lipinski definition) is 9. The van der Waals surface area contributed by atoms with Gasteiger partial charge in [-0.15, -0.1) is 0 Å². The van der Waals surface area contributed by atoms with E-state index in [1.165, 1.54) is 19.2 Å². The number of nitro groups is 1. The van der Waals surface area contributed by atoms with Crippen LogP contribution in [-0.2, 0) is 30.4 Å². The molecule has 11 heteroatoms. The number of benzene rings is 1. The van der Waals surface area contributed by atoms with E-state index in [1.807, 2.05) is 6.07 Å². The normalized spacial score (nSPS) is 19.8. The molecule has 1 aromatic heterocycles. The zero-order valence-corrected chi connectivity index (χ0v) is 16.3. The molecule has 2 heterocycles. The van der Waals surface area contributed by atoms with Crippen molar-refractivity contribution < 1.29 is 27.1 Å². The molecule has 1 aliphatic rings. The van der Waals surface area contributed by atoms with Crippen molar-refractivity contribution in [2.45, 2.75) is 30.0 Å². The zero-order valence-electron chi connectivity index (χ0n) is 15.5. The molecule has 10 nitrogen and oxygen atoms in total. The largest absolute Gasteiger partial charge is 0.468 e. The fourth-order valence-corrected chi connectivity index (χ4v) is 4.51. The maximum absolute atomic E-state index is 12.7. The smallest absolute Gasteiger partial charge is 0.323 e. The van der Waals surface area contributed by atoms with E-state index in [-0.39, 0.29) is 13.0 Å². The van der Waals surface area contributed by atoms with E-state index in [2.05, 4.69) is 4.98 Å². The Hall–Kier alpha value is -2.89. The van der Waals surface area contributed by atoms with Gasteiger partial charge >= 0.3 is 16.1 Å². The molecule has 0 radical (unpaired) electrons. The third-order valence-corrected chi connectivity index (χ3v) is 5.95. The molecule has 1 aromatic carbocycles. The van der Waals surface area contributed by atoms with Crippen LogP contribution < -0.4 is 0 Å². The highest BCUT2D eigenvalue weighted by Gasteiger charge is 2.41. The van der Waals surface area contributed by atoms with Crippen LogP contribution in [0, 0.1) is 10.1 Å². The van der Waals surface area contributed by atoms with E-state index in [1.54, 1.807) is 23.4 Å². The van der Waals surface area contributed by atoms with Crippen molar-refractivity contribution in [3.63, 3.8) is 0 Å². The first-order chi connectivity index (χ1) is 13.8. The highest BCUT2D eigenvalue weighted by atomic mass is 32.2. The van der Waals surface area contributed by atoms with Crippen molar-refractivity contribution in [3.05, 3.63) is 64.5 Å². The van der Waals surface area contributed by atoms with Gasteiger partial charge in [-0.3, -0.25) is 29.0 Å². The molecule has 2 aromatic rings. The summed E-state index contributed by atoms with van der Waals surface area (Å²) < 4.78 is 35.4. The van der Waals surface area contributed by atoms with Crippen molar-refractivity contribution in [2.24, 2.45) is 0 Å². The number of nitrogens with zero attached hydrogens (tertiary/aromatic N) is 3. The van der Waals surface area contributed by atoms with E-state index < -0.39 is 43.7 Å². The van der Waals surface area contributed by atoms with Gasteiger partial charge < -0.3 is 4.74 Å². The molecule has 0 saturated carbocycles. The number of carbonyl (C=O) groups is 1. The van der Waals surface area contributed by atoms with Crippen LogP contribution in [0.1, 0.15) is 12.0 Å². The second-order valence-corrected chi connectivity index (χ2v) is 8.00. The van der Waals surface area contributed by atoms with E-state index in [0.29, 0.717) is 6.54 Å². The number of carbonyl (C=O) groups excluding carboxylic acids is 1. The first kappa shape index (κ1) is 20.8. The maximum atomic E-state index is 12.7. The summed E-state index contributed by atoms with van der Waals surface area (Å²) in [5, 5.41) is 11.2. The average molecular weight is 421 g/mol. The van der Waals surface area contributed by atoms with Gasteiger partial charge in [0.1, 0.15) is 6.04 Å². The lowest BCUT2D eigenvalue weighted by atomic mass is 10.2. The molecule has 2 atom stereocenters. The number of nitro benzene ring substituents is 1. The predicted octanol–water partition coefficient (Wildman–Crippen LogP) is 1.51. The summed E-state index contributed by atoms with van der Waals surface area (Å²) in [5.74, 6) is -0.511. The number of ether oxygens (including phenoxy) is 1. The molecule has 1 fully saturated rings. The summed E-state index contributed by atoms with van der Waals surface area (Å²) >= 11 is 0. The Morgan fingerprint density at radius 1 is 1.31 bits per heavy atom. The Labute approximate surface area is 167 Å². The van der Waals surface area contributed by atoms with Crippen molar-refractivity contribution in [2.75, 3.05) is 13.7 Å². The fraction of sp³-hybridized carbons (Fsp3) is 0.333. The number of rotatable bonds is 7. The molecule has 0 unspecified atom stereocenters. The highest BCUT2D eigenvalue weighted by molar-refractivity contribution is 7.87. The molecule has 29 heavy (non-hydrogen) atoms. The lowest BCUT2D eigenvalue weighted by molar-refractivity contribution is -0.387. The number of aromatic nitrogens is 1. The summed E-state index contributed by atoms with van der Waals surface area (Å²) in [4.78, 5) is 27.8. The molecule has 154 valence electrons. The van der Waals surface area contributed by atoms with Crippen LogP contribution in [0.15, 0.2) is 53.7 Å². The van der Waals surface area contributed by atoms with Crippen LogP contribution in [-0.4, -0.2) is 55.0 Å². The number of likely N-dealkylation sites (tertiary alicyclic amines) is 1. The van der Waals surface area contributed by atoms with Gasteiger partial charge in [-0.1, -0.05) is 18.2 Å². The Kier molecular flexibility index (Phi) is 6.20. The maximum Gasteiger partial charge on any atom is 0.323 e. The molecule has 1 aliphatic heterocycles. The number of esters is 1. The van der Waals surface area contributed by atoms with E-state index in [4.69, 9.17) is 8.92 Å². The first-order valence-corrected chi connectivity index (χ1v) is 10.1. The lowest BCUT2D eigenvalue weighted by Crippen LogP contribution is -2.36. The molecular weight excluding hydrogens is 402 g/mol. The van der Waals surface area contributed by atoms with Crippen molar-refractivity contribution >= 4 is 21.8 Å². The van der Waals surface area contributed by atoms with Crippen LogP contribution in [0.4, 0.5) is 5.69 Å². The van der Waals surface area contributed by atoms with Crippen molar-refractivity contribution in [1.82, 2.24) is 9.88 Å². The number of pyridine rings is 1.